The van der Waals surface area contributed by atoms with Gasteiger partial charge in [-0.2, -0.15) is 0 Å². The van der Waals surface area contributed by atoms with Gasteiger partial charge in [0.1, 0.15) is 9.84 Å². The van der Waals surface area contributed by atoms with Crippen molar-refractivity contribution >= 4 is 9.84 Å². The largest absolute Gasteiger partial charge is 0.271 e. The van der Waals surface area contributed by atoms with Crippen molar-refractivity contribution in [3.05, 3.63) is 30.1 Å². The molecule has 0 saturated heterocycles. The van der Waals surface area contributed by atoms with E-state index < -0.39 is 9.84 Å². The molecule has 6 heteroatoms. The zero-order valence-electron chi connectivity index (χ0n) is 12.5. The van der Waals surface area contributed by atoms with Crippen LogP contribution >= 0.6 is 0 Å². The van der Waals surface area contributed by atoms with Gasteiger partial charge in [-0.25, -0.2) is 8.42 Å². The molecule has 0 spiro atoms. The molecule has 1 heterocycles. The number of nitrogens with one attached hydrogen (secondary N) is 1. The molecule has 0 amide bonds. The highest BCUT2D eigenvalue weighted by molar-refractivity contribution is 7.91. The Morgan fingerprint density at radius 1 is 1.48 bits per heavy atom. The first-order chi connectivity index (χ1) is 10.0. The molecule has 1 fully saturated rings. The first kappa shape index (κ1) is 16.4. The first-order valence-electron chi connectivity index (χ1n) is 7.54. The van der Waals surface area contributed by atoms with Gasteiger partial charge < -0.3 is 0 Å². The fourth-order valence-corrected chi connectivity index (χ4v) is 4.45. The lowest BCUT2D eigenvalue weighted by atomic mass is 9.82. The van der Waals surface area contributed by atoms with Crippen molar-refractivity contribution in [3.63, 3.8) is 0 Å². The smallest absolute Gasteiger partial charge is 0.150 e. The van der Waals surface area contributed by atoms with Crippen LogP contribution in [-0.4, -0.2) is 30.9 Å². The second-order valence-electron chi connectivity index (χ2n) is 6.05. The van der Waals surface area contributed by atoms with Gasteiger partial charge in [-0.05, 0) is 49.7 Å². The molecule has 5 nitrogen and oxygen atoms in total. The molecule has 118 valence electrons. The second kappa shape index (κ2) is 7.33. The number of hydrogen-bond acceptors (Lipinski definition) is 5. The van der Waals surface area contributed by atoms with E-state index in [4.69, 9.17) is 5.84 Å². The average Bonchev–Trinajstić information content (AvgIpc) is 2.48. The van der Waals surface area contributed by atoms with Crippen molar-refractivity contribution in [2.75, 3.05) is 6.26 Å². The van der Waals surface area contributed by atoms with E-state index in [9.17, 15) is 8.42 Å². The summed E-state index contributed by atoms with van der Waals surface area (Å²) in [6, 6.07) is 4.15. The molecule has 0 aliphatic heterocycles. The van der Waals surface area contributed by atoms with Crippen LogP contribution in [0.3, 0.4) is 0 Å². The van der Waals surface area contributed by atoms with Gasteiger partial charge in [-0.3, -0.25) is 16.3 Å². The molecule has 0 bridgehead atoms. The lowest BCUT2D eigenvalue weighted by Gasteiger charge is -2.33. The molecule has 1 aromatic heterocycles. The second-order valence-corrected chi connectivity index (χ2v) is 8.38. The molecule has 1 aliphatic carbocycles. The number of hydrazine groups is 1. The van der Waals surface area contributed by atoms with Crippen LogP contribution in [0.4, 0.5) is 0 Å². The van der Waals surface area contributed by atoms with Crippen molar-refractivity contribution in [1.29, 1.82) is 0 Å². The molecule has 21 heavy (non-hydrogen) atoms. The maximum atomic E-state index is 11.8. The molecule has 3 atom stereocenters. The van der Waals surface area contributed by atoms with E-state index in [0.717, 1.165) is 38.5 Å². The average molecular weight is 311 g/mol. The molecular formula is C15H25N3O2S. The summed E-state index contributed by atoms with van der Waals surface area (Å²) >= 11 is 0. The van der Waals surface area contributed by atoms with Crippen LogP contribution in [0, 0.1) is 5.92 Å². The summed E-state index contributed by atoms with van der Waals surface area (Å²) in [6.45, 7) is 0. The van der Waals surface area contributed by atoms with Crippen LogP contribution in [0.1, 0.15) is 37.7 Å². The maximum absolute atomic E-state index is 11.8. The predicted molar refractivity (Wildman–Crippen MR) is 84.3 cm³/mol. The van der Waals surface area contributed by atoms with Crippen LogP contribution in [0.25, 0.3) is 0 Å². The normalized spacial score (nSPS) is 24.7. The van der Waals surface area contributed by atoms with Crippen molar-refractivity contribution in [1.82, 2.24) is 10.4 Å². The molecule has 2 rings (SSSR count). The minimum absolute atomic E-state index is 0.162. The molecule has 3 unspecified atom stereocenters. The van der Waals surface area contributed by atoms with E-state index in [1.807, 2.05) is 12.3 Å². The van der Waals surface area contributed by atoms with Crippen LogP contribution in [0.15, 0.2) is 24.5 Å². The Bertz CT molecular complexity index is 533. The van der Waals surface area contributed by atoms with E-state index in [1.54, 1.807) is 6.20 Å². The van der Waals surface area contributed by atoms with E-state index in [1.165, 1.54) is 11.8 Å². The summed E-state index contributed by atoms with van der Waals surface area (Å²) in [4.78, 5) is 4.11. The summed E-state index contributed by atoms with van der Waals surface area (Å²) < 4.78 is 23.5. The van der Waals surface area contributed by atoms with Gasteiger partial charge in [0, 0.05) is 24.7 Å². The highest BCUT2D eigenvalue weighted by Gasteiger charge is 2.32. The Balaban J connectivity index is 1.94. The van der Waals surface area contributed by atoms with E-state index in [2.05, 4.69) is 16.5 Å². The van der Waals surface area contributed by atoms with Gasteiger partial charge in [-0.1, -0.05) is 12.5 Å². The molecule has 1 aliphatic rings. The third-order valence-electron chi connectivity index (χ3n) is 4.52. The Kier molecular flexibility index (Phi) is 5.72. The minimum Gasteiger partial charge on any atom is -0.271 e. The minimum atomic E-state index is -2.95. The molecule has 3 N–H and O–H groups in total. The molecule has 1 saturated carbocycles. The highest BCUT2D eigenvalue weighted by atomic mass is 32.2. The van der Waals surface area contributed by atoms with Crippen LogP contribution < -0.4 is 11.3 Å². The van der Waals surface area contributed by atoms with Crippen molar-refractivity contribution in [2.24, 2.45) is 11.8 Å². The highest BCUT2D eigenvalue weighted by Crippen LogP contribution is 2.31. The number of sulfone groups is 1. The molecular weight excluding hydrogens is 286 g/mol. The fraction of sp³-hybridized carbons (Fsp3) is 0.667. The lowest BCUT2D eigenvalue weighted by molar-refractivity contribution is 0.261. The van der Waals surface area contributed by atoms with Gasteiger partial charge in [0.2, 0.25) is 0 Å². The number of rotatable bonds is 6. The molecule has 0 aromatic carbocycles. The predicted octanol–water partition coefficient (Wildman–Crippen LogP) is 1.45. The Labute approximate surface area is 127 Å². The Morgan fingerprint density at radius 3 is 2.90 bits per heavy atom. The van der Waals surface area contributed by atoms with E-state index >= 15 is 0 Å². The van der Waals surface area contributed by atoms with Crippen LogP contribution in [0.2, 0.25) is 0 Å². The number of aryl methyl sites for hydroxylation is 1. The fourth-order valence-electron chi connectivity index (χ4n) is 3.26. The van der Waals surface area contributed by atoms with Gasteiger partial charge in [0.15, 0.2) is 0 Å². The van der Waals surface area contributed by atoms with Crippen molar-refractivity contribution in [2.45, 2.75) is 49.8 Å². The third-order valence-corrected chi connectivity index (χ3v) is 6.16. The van der Waals surface area contributed by atoms with E-state index in [-0.39, 0.29) is 11.3 Å². The Morgan fingerprint density at radius 2 is 2.29 bits per heavy atom. The van der Waals surface area contributed by atoms with E-state index in [0.29, 0.717) is 5.92 Å². The first-order valence-corrected chi connectivity index (χ1v) is 9.50. The zero-order chi connectivity index (χ0) is 15.3. The number of nitrogens with zero attached hydrogens (tertiary/aromatic N) is 1. The SMILES string of the molecule is CS(=O)(=O)C1CCCC(C(CCc2cccnc2)NN)C1. The number of pyridine rings is 1. The molecule has 1 aromatic rings. The Hall–Kier alpha value is -0.980. The summed E-state index contributed by atoms with van der Waals surface area (Å²) in [5.41, 5.74) is 4.09. The monoisotopic (exact) mass is 311 g/mol. The quantitative estimate of drug-likeness (QED) is 0.613. The van der Waals surface area contributed by atoms with Gasteiger partial charge in [-0.15, -0.1) is 0 Å². The standard InChI is InChI=1S/C15H25N3O2S/c1-21(19,20)14-6-2-5-13(10-14)15(18-16)8-7-12-4-3-9-17-11-12/h3-4,9,11,13-15,18H,2,5-8,10,16H2,1H3. The summed E-state index contributed by atoms with van der Waals surface area (Å²) in [6.07, 6.45) is 10.3. The topological polar surface area (TPSA) is 85.1 Å². The number of aromatic nitrogens is 1. The summed E-state index contributed by atoms with van der Waals surface area (Å²) in [7, 11) is -2.95. The molecule has 0 radical (unpaired) electrons. The van der Waals surface area contributed by atoms with Gasteiger partial charge >= 0.3 is 0 Å². The van der Waals surface area contributed by atoms with Crippen molar-refractivity contribution in [3.8, 4) is 0 Å². The summed E-state index contributed by atoms with van der Waals surface area (Å²) in [5.74, 6) is 6.04. The van der Waals surface area contributed by atoms with Crippen LogP contribution in [0.5, 0.6) is 0 Å². The van der Waals surface area contributed by atoms with Gasteiger partial charge in [0.05, 0.1) is 5.25 Å². The maximum Gasteiger partial charge on any atom is 0.150 e. The third kappa shape index (κ3) is 4.76. The number of nitrogens with two attached hydrogens (primary N) is 1. The van der Waals surface area contributed by atoms with Gasteiger partial charge in [0.25, 0.3) is 0 Å². The zero-order valence-corrected chi connectivity index (χ0v) is 13.3. The summed E-state index contributed by atoms with van der Waals surface area (Å²) in [5, 5.41) is -0.203. The lowest BCUT2D eigenvalue weighted by Crippen LogP contribution is -2.44. The van der Waals surface area contributed by atoms with Crippen molar-refractivity contribution < 1.29 is 8.42 Å². The number of hydrogen-bond donors (Lipinski definition) is 2. The van der Waals surface area contributed by atoms with Crippen LogP contribution in [-0.2, 0) is 16.3 Å².